The van der Waals surface area contributed by atoms with Gasteiger partial charge in [-0.15, -0.1) is 0 Å². The molecule has 0 aromatic carbocycles. The fraction of sp³-hybridized carbons (Fsp3) is 0.682. The highest BCUT2D eigenvalue weighted by atomic mass is 16.7. The molecule has 1 fully saturated rings. The maximum absolute atomic E-state index is 12.8. The van der Waals surface area contributed by atoms with Crippen molar-refractivity contribution in [3.05, 3.63) is 27.8 Å². The van der Waals surface area contributed by atoms with Crippen molar-refractivity contribution in [1.29, 1.82) is 0 Å². The van der Waals surface area contributed by atoms with E-state index in [1.165, 1.54) is 0 Å². The molecule has 0 saturated carbocycles. The maximum atomic E-state index is 12.8. The van der Waals surface area contributed by atoms with Gasteiger partial charge in [-0.2, -0.15) is 0 Å². The number of hydrogen-bond donors (Lipinski definition) is 2. The molecule has 186 valence electrons. The van der Waals surface area contributed by atoms with E-state index in [-0.39, 0.29) is 24.5 Å². The van der Waals surface area contributed by atoms with Gasteiger partial charge in [0.2, 0.25) is 11.2 Å². The van der Waals surface area contributed by atoms with Crippen LogP contribution in [0.15, 0.2) is 15.3 Å². The Balaban J connectivity index is 2.33. The second kappa shape index (κ2) is 12.4. The van der Waals surface area contributed by atoms with E-state index in [1.807, 2.05) is 0 Å². The van der Waals surface area contributed by atoms with Crippen LogP contribution >= 0.6 is 0 Å². The molecule has 2 atom stereocenters. The largest absolute Gasteiger partial charge is 0.502 e. The van der Waals surface area contributed by atoms with Crippen LogP contribution in [0, 0.1) is 0 Å². The zero-order valence-electron chi connectivity index (χ0n) is 19.8. The fourth-order valence-electron chi connectivity index (χ4n) is 3.20. The highest BCUT2D eigenvalue weighted by Crippen LogP contribution is 2.30. The molecule has 1 aromatic rings. The molecule has 1 aliphatic rings. The van der Waals surface area contributed by atoms with Crippen LogP contribution in [-0.4, -0.2) is 47.4 Å². The predicted molar refractivity (Wildman–Crippen MR) is 116 cm³/mol. The molecule has 0 bridgehead atoms. The minimum atomic E-state index is -1.06. The number of nitrogens with one attached hydrogen (secondary N) is 1. The molecule has 0 spiro atoms. The first-order valence-corrected chi connectivity index (χ1v) is 11.2. The van der Waals surface area contributed by atoms with E-state index in [0.717, 1.165) is 30.3 Å². The number of rotatable bonds is 8. The topological polar surface area (TPSA) is 137 Å². The molecule has 1 saturated heterocycles. The molecule has 1 aliphatic heterocycles. The van der Waals surface area contributed by atoms with Gasteiger partial charge < -0.3 is 28.5 Å². The van der Waals surface area contributed by atoms with Gasteiger partial charge in [0.05, 0.1) is 12.2 Å². The van der Waals surface area contributed by atoms with E-state index in [2.05, 4.69) is 5.43 Å². The van der Waals surface area contributed by atoms with Gasteiger partial charge in [-0.3, -0.25) is 4.79 Å². The van der Waals surface area contributed by atoms with Crippen LogP contribution in [0.5, 0.6) is 5.75 Å². The average molecular weight is 471 g/mol. The Kier molecular flexibility index (Phi) is 9.98. The molecule has 33 heavy (non-hydrogen) atoms. The van der Waals surface area contributed by atoms with Gasteiger partial charge in [0.15, 0.2) is 12.1 Å². The molecule has 2 amide bonds. The molecule has 2 unspecified atom stereocenters. The molecule has 0 radical (unpaired) electrons. The third-order valence-corrected chi connectivity index (χ3v) is 4.64. The van der Waals surface area contributed by atoms with Crippen molar-refractivity contribution in [3.8, 4) is 5.75 Å². The van der Waals surface area contributed by atoms with E-state index < -0.39 is 47.9 Å². The first-order valence-electron chi connectivity index (χ1n) is 11.2. The lowest BCUT2D eigenvalue weighted by Crippen LogP contribution is -2.49. The van der Waals surface area contributed by atoms with Crippen LogP contribution in [0.25, 0.3) is 0 Å². The summed E-state index contributed by atoms with van der Waals surface area (Å²) in [5.41, 5.74) is 1.62. The van der Waals surface area contributed by atoms with Crippen LogP contribution in [-0.2, 0) is 25.6 Å². The van der Waals surface area contributed by atoms with Gasteiger partial charge in [0.25, 0.3) is 0 Å². The Morgan fingerprint density at radius 3 is 2.48 bits per heavy atom. The lowest BCUT2D eigenvalue weighted by atomic mass is 10.1. The number of hydrazine groups is 1. The molecular formula is C22H34N2O9. The maximum Gasteiger partial charge on any atom is 0.429 e. The van der Waals surface area contributed by atoms with Crippen LogP contribution in [0.1, 0.15) is 77.9 Å². The van der Waals surface area contributed by atoms with Crippen molar-refractivity contribution in [1.82, 2.24) is 10.4 Å². The first-order chi connectivity index (χ1) is 15.6. The molecular weight excluding hydrogens is 436 g/mol. The number of aromatic hydroxyl groups is 1. The summed E-state index contributed by atoms with van der Waals surface area (Å²) >= 11 is 0. The Hall–Kier alpha value is -2.79. The summed E-state index contributed by atoms with van der Waals surface area (Å²) in [5, 5.41) is 11.3. The quantitative estimate of drug-likeness (QED) is 0.544. The third-order valence-electron chi connectivity index (χ3n) is 4.64. The summed E-state index contributed by atoms with van der Waals surface area (Å²) in [6.07, 6.45) is -0.322. The summed E-state index contributed by atoms with van der Waals surface area (Å²) in [6.45, 7) is 8.81. The SMILES string of the molecule is CCC(c1oc(COC2CCCCO2)cc(=O)c1O)N(NC(=O)OC(C)C)C(=O)OC(C)C. The molecule has 1 aromatic heterocycles. The van der Waals surface area contributed by atoms with E-state index in [9.17, 15) is 19.5 Å². The van der Waals surface area contributed by atoms with Gasteiger partial charge in [-0.25, -0.2) is 20.0 Å². The number of carbonyl (C=O) groups excluding carboxylic acids is 2. The highest BCUT2D eigenvalue weighted by molar-refractivity contribution is 5.74. The van der Waals surface area contributed by atoms with Crippen molar-refractivity contribution in [3.63, 3.8) is 0 Å². The lowest BCUT2D eigenvalue weighted by Gasteiger charge is -2.30. The Labute approximate surface area is 192 Å². The summed E-state index contributed by atoms with van der Waals surface area (Å²) in [5.74, 6) is -0.748. The average Bonchev–Trinajstić information content (AvgIpc) is 2.74. The molecule has 2 heterocycles. The standard InChI is InChI=1S/C22H34N2O9/c1-6-16(24(22(28)32-14(4)5)23-21(27)31-13(2)3)20-19(26)17(25)11-15(33-20)12-30-18-9-7-8-10-29-18/h11,13-14,16,18,26H,6-10,12H2,1-5H3,(H,23,27). The first kappa shape index (κ1) is 26.5. The Morgan fingerprint density at radius 2 is 1.91 bits per heavy atom. The fourth-order valence-corrected chi connectivity index (χ4v) is 3.20. The van der Waals surface area contributed by atoms with Crippen LogP contribution in [0.4, 0.5) is 9.59 Å². The van der Waals surface area contributed by atoms with Gasteiger partial charge >= 0.3 is 12.2 Å². The molecule has 11 nitrogen and oxygen atoms in total. The van der Waals surface area contributed by atoms with Gasteiger partial charge in [-0.1, -0.05) is 6.92 Å². The number of ether oxygens (including phenoxy) is 4. The summed E-state index contributed by atoms with van der Waals surface area (Å²) < 4.78 is 27.2. The van der Waals surface area contributed by atoms with Crippen LogP contribution in [0.2, 0.25) is 0 Å². The summed E-state index contributed by atoms with van der Waals surface area (Å²) in [4.78, 5) is 37.4. The van der Waals surface area contributed by atoms with Gasteiger partial charge in [-0.05, 0) is 53.4 Å². The monoisotopic (exact) mass is 470 g/mol. The normalized spacial score (nSPS) is 17.0. The molecule has 0 aliphatic carbocycles. The Bertz CT molecular complexity index is 847. The smallest absolute Gasteiger partial charge is 0.429 e. The molecule has 2 N–H and O–H groups in total. The van der Waals surface area contributed by atoms with Crippen LogP contribution in [0.3, 0.4) is 0 Å². The van der Waals surface area contributed by atoms with Crippen molar-refractivity contribution in [2.45, 2.75) is 91.4 Å². The number of hydrogen-bond acceptors (Lipinski definition) is 9. The zero-order valence-corrected chi connectivity index (χ0v) is 19.8. The minimum Gasteiger partial charge on any atom is -0.502 e. The lowest BCUT2D eigenvalue weighted by molar-refractivity contribution is -0.171. The number of amides is 2. The number of nitrogens with zero attached hydrogens (tertiary/aromatic N) is 1. The summed E-state index contributed by atoms with van der Waals surface area (Å²) in [7, 11) is 0. The van der Waals surface area contributed by atoms with E-state index in [4.69, 9.17) is 23.4 Å². The van der Waals surface area contributed by atoms with E-state index in [0.29, 0.717) is 6.61 Å². The second-order valence-electron chi connectivity index (χ2n) is 8.19. The molecule has 2 rings (SSSR count). The predicted octanol–water partition coefficient (Wildman–Crippen LogP) is 3.74. The van der Waals surface area contributed by atoms with Crippen LogP contribution < -0.4 is 10.9 Å². The summed E-state index contributed by atoms with van der Waals surface area (Å²) in [6, 6.07) is 0.0561. The van der Waals surface area contributed by atoms with E-state index >= 15 is 0 Å². The van der Waals surface area contributed by atoms with Crippen molar-refractivity contribution < 1.29 is 38.1 Å². The van der Waals surface area contributed by atoms with Crippen molar-refractivity contribution >= 4 is 12.2 Å². The van der Waals surface area contributed by atoms with Crippen molar-refractivity contribution in [2.75, 3.05) is 6.61 Å². The Morgan fingerprint density at radius 1 is 1.21 bits per heavy atom. The molecule has 11 heteroatoms. The highest BCUT2D eigenvalue weighted by Gasteiger charge is 2.33. The van der Waals surface area contributed by atoms with E-state index in [1.54, 1.807) is 34.6 Å². The van der Waals surface area contributed by atoms with Crippen molar-refractivity contribution in [2.24, 2.45) is 0 Å². The zero-order chi connectivity index (χ0) is 24.5. The minimum absolute atomic E-state index is 0.0666. The second-order valence-corrected chi connectivity index (χ2v) is 8.19. The third kappa shape index (κ3) is 7.93. The van der Waals surface area contributed by atoms with Gasteiger partial charge in [0, 0.05) is 12.7 Å². The van der Waals surface area contributed by atoms with Gasteiger partial charge in [0.1, 0.15) is 18.4 Å². The number of carbonyl (C=O) groups is 2.